The molecule has 0 bridgehead atoms. The van der Waals surface area contributed by atoms with Crippen molar-refractivity contribution in [1.29, 1.82) is 0 Å². The molecule has 140 valence electrons. The normalized spacial score (nSPS) is 19.3. The maximum atomic E-state index is 12.9. The van der Waals surface area contributed by atoms with Crippen molar-refractivity contribution in [1.82, 2.24) is 5.32 Å². The number of amides is 1. The van der Waals surface area contributed by atoms with Crippen LogP contribution in [0.5, 0.6) is 0 Å². The van der Waals surface area contributed by atoms with Gasteiger partial charge in [0.05, 0.1) is 11.1 Å². The van der Waals surface area contributed by atoms with Crippen LogP contribution in [0.3, 0.4) is 0 Å². The molecule has 0 saturated heterocycles. The van der Waals surface area contributed by atoms with Crippen LogP contribution in [-0.2, 0) is 4.79 Å². The lowest BCUT2D eigenvalue weighted by Crippen LogP contribution is -2.44. The van der Waals surface area contributed by atoms with Crippen molar-refractivity contribution in [2.75, 3.05) is 0 Å². The molecule has 1 amide bonds. The van der Waals surface area contributed by atoms with Crippen LogP contribution >= 0.6 is 11.6 Å². The first-order valence-electron chi connectivity index (χ1n) is 9.63. The largest absolute Gasteiger partial charge is 0.509 e. The molecule has 1 heterocycles. The zero-order chi connectivity index (χ0) is 19.0. The van der Waals surface area contributed by atoms with Crippen molar-refractivity contribution in [3.8, 4) is 11.1 Å². The predicted octanol–water partition coefficient (Wildman–Crippen LogP) is 5.81. The summed E-state index contributed by atoms with van der Waals surface area (Å²) in [7, 11) is 0. The summed E-state index contributed by atoms with van der Waals surface area (Å²) in [5.74, 6) is 0.0662. The van der Waals surface area contributed by atoms with Crippen molar-refractivity contribution in [3.05, 3.63) is 64.4 Å². The third-order valence-corrected chi connectivity index (χ3v) is 6.16. The van der Waals surface area contributed by atoms with Gasteiger partial charge in [0.2, 0.25) is 0 Å². The monoisotopic (exact) mass is 381 g/mol. The van der Waals surface area contributed by atoms with Gasteiger partial charge in [0, 0.05) is 5.02 Å². The van der Waals surface area contributed by atoms with Crippen LogP contribution in [0.4, 0.5) is 0 Å². The molecule has 1 spiro atoms. The molecular weight excluding hydrogens is 358 g/mol. The molecule has 4 rings (SSSR count). The van der Waals surface area contributed by atoms with Gasteiger partial charge in [-0.2, -0.15) is 0 Å². The van der Waals surface area contributed by atoms with E-state index < -0.39 is 5.54 Å². The van der Waals surface area contributed by atoms with Gasteiger partial charge < -0.3 is 10.4 Å². The van der Waals surface area contributed by atoms with Gasteiger partial charge in [-0.15, -0.1) is 0 Å². The minimum absolute atomic E-state index is 0.161. The fourth-order valence-corrected chi connectivity index (χ4v) is 4.47. The lowest BCUT2D eigenvalue weighted by molar-refractivity contribution is -0.116. The van der Waals surface area contributed by atoms with Gasteiger partial charge in [-0.3, -0.25) is 4.79 Å². The van der Waals surface area contributed by atoms with Crippen molar-refractivity contribution in [2.45, 2.75) is 51.0 Å². The topological polar surface area (TPSA) is 49.3 Å². The summed E-state index contributed by atoms with van der Waals surface area (Å²) < 4.78 is 0. The molecule has 1 aliphatic carbocycles. The summed E-state index contributed by atoms with van der Waals surface area (Å²) in [5, 5.41) is 14.9. The number of hydrogen-bond acceptors (Lipinski definition) is 2. The molecule has 0 unspecified atom stereocenters. The predicted molar refractivity (Wildman–Crippen MR) is 110 cm³/mol. The van der Waals surface area contributed by atoms with Crippen molar-refractivity contribution < 1.29 is 9.90 Å². The number of carbonyl (C=O) groups is 1. The third kappa shape index (κ3) is 3.25. The number of carbonyl (C=O) groups excluding carboxylic acids is 1. The zero-order valence-corrected chi connectivity index (χ0v) is 16.3. The smallest absolute Gasteiger partial charge is 0.256 e. The van der Waals surface area contributed by atoms with Crippen LogP contribution in [0.25, 0.3) is 16.7 Å². The molecule has 2 aliphatic rings. The minimum Gasteiger partial charge on any atom is -0.509 e. The second kappa shape index (κ2) is 7.05. The Morgan fingerprint density at radius 2 is 1.59 bits per heavy atom. The molecular formula is C23H24ClNO2. The lowest BCUT2D eigenvalue weighted by Gasteiger charge is -2.28. The Labute approximate surface area is 165 Å². The van der Waals surface area contributed by atoms with Gasteiger partial charge in [0.15, 0.2) is 0 Å². The van der Waals surface area contributed by atoms with Crippen molar-refractivity contribution in [2.24, 2.45) is 0 Å². The molecule has 2 aromatic carbocycles. The first-order chi connectivity index (χ1) is 13.0. The maximum Gasteiger partial charge on any atom is 0.256 e. The molecule has 27 heavy (non-hydrogen) atoms. The van der Waals surface area contributed by atoms with E-state index in [2.05, 4.69) is 5.32 Å². The number of rotatable bonds is 2. The van der Waals surface area contributed by atoms with Gasteiger partial charge in [-0.1, -0.05) is 61.5 Å². The highest BCUT2D eigenvalue weighted by Gasteiger charge is 2.45. The summed E-state index contributed by atoms with van der Waals surface area (Å²) in [6, 6.07) is 13.7. The number of benzene rings is 2. The molecule has 1 saturated carbocycles. The van der Waals surface area contributed by atoms with E-state index in [1.165, 1.54) is 0 Å². The molecule has 2 aromatic rings. The highest BCUT2D eigenvalue weighted by molar-refractivity contribution is 6.30. The van der Waals surface area contributed by atoms with Crippen molar-refractivity contribution in [3.63, 3.8) is 0 Å². The van der Waals surface area contributed by atoms with Gasteiger partial charge in [-0.25, -0.2) is 0 Å². The number of aliphatic hydroxyl groups excluding tert-OH is 1. The van der Waals surface area contributed by atoms with Crippen LogP contribution < -0.4 is 5.32 Å². The zero-order valence-electron chi connectivity index (χ0n) is 15.5. The van der Waals surface area contributed by atoms with E-state index in [0.29, 0.717) is 10.6 Å². The minimum atomic E-state index is -0.578. The molecule has 0 atom stereocenters. The van der Waals surface area contributed by atoms with Crippen LogP contribution in [0.1, 0.15) is 49.7 Å². The van der Waals surface area contributed by atoms with Crippen molar-refractivity contribution >= 4 is 23.1 Å². The summed E-state index contributed by atoms with van der Waals surface area (Å²) in [5.41, 5.74) is 3.68. The first kappa shape index (κ1) is 18.1. The number of halogens is 1. The van der Waals surface area contributed by atoms with Gasteiger partial charge >= 0.3 is 0 Å². The molecule has 0 aromatic heterocycles. The molecule has 1 fully saturated rings. The third-order valence-electron chi connectivity index (χ3n) is 5.91. The Balaban J connectivity index is 1.80. The Kier molecular flexibility index (Phi) is 4.73. The fraction of sp³-hybridized carbons (Fsp3) is 0.348. The summed E-state index contributed by atoms with van der Waals surface area (Å²) in [6.07, 6.45) is 5.99. The molecule has 3 nitrogen and oxygen atoms in total. The highest BCUT2D eigenvalue weighted by atomic mass is 35.5. The van der Waals surface area contributed by atoms with Gasteiger partial charge in [0.1, 0.15) is 5.76 Å². The Hall–Kier alpha value is -2.26. The summed E-state index contributed by atoms with van der Waals surface area (Å²) in [6.45, 7) is 1.98. The molecule has 2 N–H and O–H groups in total. The van der Waals surface area contributed by atoms with E-state index in [-0.39, 0.29) is 11.7 Å². The van der Waals surface area contributed by atoms with Crippen LogP contribution in [0.2, 0.25) is 5.02 Å². The van der Waals surface area contributed by atoms with Crippen LogP contribution in [0.15, 0.2) is 48.2 Å². The standard InChI is InChI=1S/C23H24ClNO2/c1-15-6-7-17(16-8-10-18(24)11-9-16)14-19(15)20-21(26)23(25-22(20)27)12-4-2-3-5-13-23/h6-11,14,26H,2-5,12-13H2,1H3,(H,25,27). The van der Waals surface area contributed by atoms with Gasteiger partial charge in [-0.05, 0) is 60.2 Å². The average Bonchev–Trinajstić information content (AvgIpc) is 2.81. The van der Waals surface area contributed by atoms with E-state index in [0.717, 1.165) is 60.8 Å². The summed E-state index contributed by atoms with van der Waals surface area (Å²) in [4.78, 5) is 12.9. The van der Waals surface area contributed by atoms with Crippen LogP contribution in [0, 0.1) is 6.92 Å². The first-order valence-corrected chi connectivity index (χ1v) is 10.0. The molecule has 0 radical (unpaired) electrons. The molecule has 4 heteroatoms. The number of aryl methyl sites for hydroxylation is 1. The molecule has 1 aliphatic heterocycles. The quantitative estimate of drug-likeness (QED) is 0.689. The van der Waals surface area contributed by atoms with Crippen LogP contribution in [-0.4, -0.2) is 16.6 Å². The van der Waals surface area contributed by atoms with E-state index in [4.69, 9.17) is 11.6 Å². The number of hydrogen-bond donors (Lipinski definition) is 2. The van der Waals surface area contributed by atoms with E-state index in [1.54, 1.807) is 0 Å². The Bertz CT molecular complexity index is 906. The highest BCUT2D eigenvalue weighted by Crippen LogP contribution is 2.41. The Morgan fingerprint density at radius 1 is 0.963 bits per heavy atom. The summed E-state index contributed by atoms with van der Waals surface area (Å²) >= 11 is 6.00. The lowest BCUT2D eigenvalue weighted by atomic mass is 9.87. The fourth-order valence-electron chi connectivity index (χ4n) is 4.34. The second-order valence-corrected chi connectivity index (χ2v) is 8.15. The number of nitrogens with one attached hydrogen (secondary N) is 1. The SMILES string of the molecule is Cc1ccc(-c2ccc(Cl)cc2)cc1C1=C(O)C2(CCCCCC2)NC1=O. The van der Waals surface area contributed by atoms with E-state index in [1.807, 2.05) is 49.4 Å². The van der Waals surface area contributed by atoms with E-state index >= 15 is 0 Å². The van der Waals surface area contributed by atoms with E-state index in [9.17, 15) is 9.90 Å². The Morgan fingerprint density at radius 3 is 2.26 bits per heavy atom. The average molecular weight is 382 g/mol. The number of aliphatic hydroxyl groups is 1. The van der Waals surface area contributed by atoms with Gasteiger partial charge in [0.25, 0.3) is 5.91 Å². The second-order valence-electron chi connectivity index (χ2n) is 7.71. The maximum absolute atomic E-state index is 12.9.